The van der Waals surface area contributed by atoms with E-state index in [1.54, 1.807) is 0 Å². The standard InChI is InChI=1S/C14H17NO/c1-10-4-11(2)6-12(5-10)16-13-7-14(3,8-13)9-15/h4-6,13H,7-8H2,1-3H3. The van der Waals surface area contributed by atoms with Crippen molar-refractivity contribution >= 4 is 0 Å². The zero-order valence-corrected chi connectivity index (χ0v) is 10.1. The van der Waals surface area contributed by atoms with Gasteiger partial charge in [-0.1, -0.05) is 6.07 Å². The first-order chi connectivity index (χ1) is 7.50. The van der Waals surface area contributed by atoms with Gasteiger partial charge in [-0.3, -0.25) is 0 Å². The molecule has 1 aliphatic carbocycles. The van der Waals surface area contributed by atoms with Crippen molar-refractivity contribution in [1.29, 1.82) is 5.26 Å². The van der Waals surface area contributed by atoms with Gasteiger partial charge >= 0.3 is 0 Å². The van der Waals surface area contributed by atoms with E-state index in [0.717, 1.165) is 18.6 Å². The molecule has 2 heteroatoms. The van der Waals surface area contributed by atoms with Gasteiger partial charge in [-0.15, -0.1) is 0 Å². The summed E-state index contributed by atoms with van der Waals surface area (Å²) in [6.07, 6.45) is 1.90. The van der Waals surface area contributed by atoms with Crippen molar-refractivity contribution in [1.82, 2.24) is 0 Å². The van der Waals surface area contributed by atoms with Crippen LogP contribution in [-0.2, 0) is 0 Å². The molecular weight excluding hydrogens is 198 g/mol. The van der Waals surface area contributed by atoms with Gasteiger partial charge in [0, 0.05) is 12.8 Å². The maximum Gasteiger partial charge on any atom is 0.120 e. The molecule has 2 nitrogen and oxygen atoms in total. The van der Waals surface area contributed by atoms with Gasteiger partial charge in [-0.25, -0.2) is 0 Å². The van der Waals surface area contributed by atoms with Gasteiger partial charge in [-0.2, -0.15) is 5.26 Å². The van der Waals surface area contributed by atoms with E-state index in [9.17, 15) is 0 Å². The molecule has 0 aliphatic heterocycles. The van der Waals surface area contributed by atoms with Crippen LogP contribution in [0.4, 0.5) is 0 Å². The van der Waals surface area contributed by atoms with E-state index in [2.05, 4.69) is 38.1 Å². The van der Waals surface area contributed by atoms with Crippen LogP contribution in [0.25, 0.3) is 0 Å². The molecule has 1 aromatic rings. The molecule has 1 saturated carbocycles. The average molecular weight is 215 g/mol. The zero-order chi connectivity index (χ0) is 11.8. The smallest absolute Gasteiger partial charge is 0.120 e. The summed E-state index contributed by atoms with van der Waals surface area (Å²) in [6, 6.07) is 8.57. The van der Waals surface area contributed by atoms with E-state index in [4.69, 9.17) is 10.00 Å². The fourth-order valence-corrected chi connectivity index (χ4v) is 2.31. The molecule has 2 rings (SSSR count). The summed E-state index contributed by atoms with van der Waals surface area (Å²) in [5, 5.41) is 8.91. The third kappa shape index (κ3) is 2.19. The minimum atomic E-state index is -0.163. The summed E-state index contributed by atoms with van der Waals surface area (Å²) in [5.41, 5.74) is 2.28. The van der Waals surface area contributed by atoms with Crippen LogP contribution in [0.3, 0.4) is 0 Å². The molecule has 16 heavy (non-hydrogen) atoms. The largest absolute Gasteiger partial charge is 0.490 e. The Hall–Kier alpha value is -1.49. The number of hydrogen-bond acceptors (Lipinski definition) is 2. The number of nitriles is 1. The fraction of sp³-hybridized carbons (Fsp3) is 0.500. The van der Waals surface area contributed by atoms with E-state index in [0.29, 0.717) is 0 Å². The zero-order valence-electron chi connectivity index (χ0n) is 10.1. The van der Waals surface area contributed by atoms with Gasteiger partial charge in [0.15, 0.2) is 0 Å². The van der Waals surface area contributed by atoms with Crippen molar-refractivity contribution in [2.75, 3.05) is 0 Å². The quantitative estimate of drug-likeness (QED) is 0.757. The predicted molar refractivity (Wildman–Crippen MR) is 63.3 cm³/mol. The molecule has 0 bridgehead atoms. The lowest BCUT2D eigenvalue weighted by atomic mass is 9.69. The summed E-state index contributed by atoms with van der Waals surface area (Å²) in [6.45, 7) is 6.13. The molecule has 0 atom stereocenters. The van der Waals surface area contributed by atoms with Gasteiger partial charge < -0.3 is 4.74 Å². The molecule has 0 spiro atoms. The van der Waals surface area contributed by atoms with E-state index in [1.807, 2.05) is 6.92 Å². The van der Waals surface area contributed by atoms with Crippen molar-refractivity contribution in [3.05, 3.63) is 29.3 Å². The predicted octanol–water partition coefficient (Wildman–Crippen LogP) is 3.37. The van der Waals surface area contributed by atoms with E-state index in [1.165, 1.54) is 11.1 Å². The van der Waals surface area contributed by atoms with Crippen LogP contribution in [0.5, 0.6) is 5.75 Å². The second-order valence-electron chi connectivity index (χ2n) is 5.14. The lowest BCUT2D eigenvalue weighted by Crippen LogP contribution is -2.41. The third-order valence-electron chi connectivity index (χ3n) is 3.12. The molecule has 0 aromatic heterocycles. The van der Waals surface area contributed by atoms with Gasteiger partial charge in [0.25, 0.3) is 0 Å². The summed E-state index contributed by atoms with van der Waals surface area (Å²) in [7, 11) is 0. The topological polar surface area (TPSA) is 33.0 Å². The normalized spacial score (nSPS) is 28.0. The number of nitrogens with zero attached hydrogens (tertiary/aromatic N) is 1. The van der Waals surface area contributed by atoms with Crippen molar-refractivity contribution in [3.63, 3.8) is 0 Å². The fourth-order valence-electron chi connectivity index (χ4n) is 2.31. The average Bonchev–Trinajstić information content (AvgIpc) is 2.13. The van der Waals surface area contributed by atoms with Crippen molar-refractivity contribution in [2.24, 2.45) is 5.41 Å². The summed E-state index contributed by atoms with van der Waals surface area (Å²) in [4.78, 5) is 0. The molecule has 84 valence electrons. The molecule has 1 aromatic carbocycles. The molecule has 1 aliphatic rings. The Balaban J connectivity index is 1.99. The number of rotatable bonds is 2. The van der Waals surface area contributed by atoms with Gasteiger partial charge in [-0.05, 0) is 44.0 Å². The van der Waals surface area contributed by atoms with Crippen molar-refractivity contribution in [3.8, 4) is 11.8 Å². The molecule has 0 amide bonds. The Morgan fingerprint density at radius 2 is 1.81 bits per heavy atom. The first kappa shape index (κ1) is 11.0. The van der Waals surface area contributed by atoms with E-state index >= 15 is 0 Å². The monoisotopic (exact) mass is 215 g/mol. The minimum absolute atomic E-state index is 0.163. The second kappa shape index (κ2) is 3.83. The Morgan fingerprint density at radius 3 is 2.31 bits per heavy atom. The number of aryl methyl sites for hydroxylation is 2. The Labute approximate surface area is 96.9 Å². The van der Waals surface area contributed by atoms with Gasteiger partial charge in [0.2, 0.25) is 0 Å². The molecule has 0 unspecified atom stereocenters. The molecule has 0 heterocycles. The Kier molecular flexibility index (Phi) is 2.63. The highest BCUT2D eigenvalue weighted by molar-refractivity contribution is 5.33. The highest BCUT2D eigenvalue weighted by Gasteiger charge is 2.42. The molecule has 0 radical (unpaired) electrons. The number of hydrogen-bond donors (Lipinski definition) is 0. The lowest BCUT2D eigenvalue weighted by Gasteiger charge is -2.39. The molecular formula is C14H17NO. The van der Waals surface area contributed by atoms with E-state index < -0.39 is 0 Å². The van der Waals surface area contributed by atoms with Crippen LogP contribution in [-0.4, -0.2) is 6.10 Å². The van der Waals surface area contributed by atoms with Crippen LogP contribution in [0.15, 0.2) is 18.2 Å². The Morgan fingerprint density at radius 1 is 1.25 bits per heavy atom. The maximum absolute atomic E-state index is 8.91. The Bertz CT molecular complexity index is 418. The minimum Gasteiger partial charge on any atom is -0.490 e. The van der Waals surface area contributed by atoms with Crippen LogP contribution in [0.2, 0.25) is 0 Å². The van der Waals surface area contributed by atoms with Crippen LogP contribution >= 0.6 is 0 Å². The highest BCUT2D eigenvalue weighted by atomic mass is 16.5. The maximum atomic E-state index is 8.91. The van der Waals surface area contributed by atoms with Crippen LogP contribution in [0.1, 0.15) is 30.9 Å². The second-order valence-corrected chi connectivity index (χ2v) is 5.14. The molecule has 0 saturated heterocycles. The number of ether oxygens (including phenoxy) is 1. The van der Waals surface area contributed by atoms with Crippen LogP contribution < -0.4 is 4.74 Å². The number of benzene rings is 1. The highest BCUT2D eigenvalue weighted by Crippen LogP contribution is 2.42. The molecule has 0 N–H and O–H groups in total. The SMILES string of the molecule is Cc1cc(C)cc(OC2CC(C)(C#N)C2)c1. The van der Waals surface area contributed by atoms with Gasteiger partial charge in [0.05, 0.1) is 11.5 Å². The first-order valence-electron chi connectivity index (χ1n) is 5.67. The van der Waals surface area contributed by atoms with E-state index in [-0.39, 0.29) is 11.5 Å². The lowest BCUT2D eigenvalue weighted by molar-refractivity contribution is 0.0340. The summed E-state index contributed by atoms with van der Waals surface area (Å²) in [5.74, 6) is 0.933. The first-order valence-corrected chi connectivity index (χ1v) is 5.67. The molecule has 1 fully saturated rings. The summed E-state index contributed by atoms with van der Waals surface area (Å²) < 4.78 is 5.86. The van der Waals surface area contributed by atoms with Crippen molar-refractivity contribution in [2.45, 2.75) is 39.7 Å². The van der Waals surface area contributed by atoms with Crippen LogP contribution in [0, 0.1) is 30.6 Å². The van der Waals surface area contributed by atoms with Crippen molar-refractivity contribution < 1.29 is 4.74 Å². The third-order valence-corrected chi connectivity index (χ3v) is 3.12. The van der Waals surface area contributed by atoms with Gasteiger partial charge in [0.1, 0.15) is 11.9 Å². The summed E-state index contributed by atoms with van der Waals surface area (Å²) >= 11 is 0.